The van der Waals surface area contributed by atoms with Crippen molar-refractivity contribution in [1.82, 2.24) is 14.9 Å². The van der Waals surface area contributed by atoms with Gasteiger partial charge in [0.2, 0.25) is 5.91 Å². The number of aromatic nitrogens is 2. The van der Waals surface area contributed by atoms with Gasteiger partial charge >= 0.3 is 0 Å². The minimum absolute atomic E-state index is 0.168. The molecule has 1 atom stereocenters. The quantitative estimate of drug-likeness (QED) is 0.709. The summed E-state index contributed by atoms with van der Waals surface area (Å²) in [6, 6.07) is 14.9. The van der Waals surface area contributed by atoms with Crippen LogP contribution >= 0.6 is 0 Å². The predicted octanol–water partition coefficient (Wildman–Crippen LogP) is 3.23. The maximum absolute atomic E-state index is 13.2. The highest BCUT2D eigenvalue weighted by Gasteiger charge is 2.20. The van der Waals surface area contributed by atoms with Crippen molar-refractivity contribution in [2.75, 3.05) is 6.61 Å². The molecule has 0 radical (unpaired) electrons. The van der Waals surface area contributed by atoms with Crippen LogP contribution in [0.15, 0.2) is 67.0 Å². The number of nitrogens with zero attached hydrogens (tertiary/aromatic N) is 2. The van der Waals surface area contributed by atoms with E-state index in [1.165, 1.54) is 12.1 Å². The van der Waals surface area contributed by atoms with Crippen molar-refractivity contribution in [2.24, 2.45) is 7.05 Å². The first-order valence-electron chi connectivity index (χ1n) is 8.33. The highest BCUT2D eigenvalue weighted by Crippen LogP contribution is 2.21. The lowest BCUT2D eigenvalue weighted by Gasteiger charge is -2.19. The van der Waals surface area contributed by atoms with Gasteiger partial charge in [0.05, 0.1) is 13.0 Å². The number of nitrogens with one attached hydrogen (secondary N) is 1. The Morgan fingerprint density at radius 3 is 2.58 bits per heavy atom. The number of hydrogen-bond acceptors (Lipinski definition) is 3. The fourth-order valence-corrected chi connectivity index (χ4v) is 2.62. The molecule has 3 rings (SSSR count). The van der Waals surface area contributed by atoms with Crippen molar-refractivity contribution in [2.45, 2.75) is 12.5 Å². The van der Waals surface area contributed by atoms with E-state index < -0.39 is 6.04 Å². The molecule has 3 aromatic rings. The van der Waals surface area contributed by atoms with Crippen LogP contribution in [0.5, 0.6) is 5.75 Å². The minimum atomic E-state index is -0.458. The summed E-state index contributed by atoms with van der Waals surface area (Å²) in [6.45, 7) is 0.270. The van der Waals surface area contributed by atoms with E-state index >= 15 is 0 Å². The van der Waals surface area contributed by atoms with Crippen LogP contribution in [-0.2, 0) is 11.8 Å². The molecule has 0 saturated heterocycles. The van der Waals surface area contributed by atoms with Gasteiger partial charge in [0, 0.05) is 19.4 Å². The molecule has 5 nitrogen and oxygen atoms in total. The Bertz CT molecular complexity index is 847. The Morgan fingerprint density at radius 1 is 1.19 bits per heavy atom. The lowest BCUT2D eigenvalue weighted by molar-refractivity contribution is -0.122. The molecular weight excluding hydrogens is 333 g/mol. The molecule has 134 valence electrons. The SMILES string of the molecule is Cn1ccnc1C(NC(=O)CCOc1ccccc1)c1ccc(F)cc1. The van der Waals surface area contributed by atoms with Crippen molar-refractivity contribution in [3.8, 4) is 5.75 Å². The van der Waals surface area contributed by atoms with E-state index in [0.29, 0.717) is 5.82 Å². The summed E-state index contributed by atoms with van der Waals surface area (Å²) in [5.41, 5.74) is 0.762. The maximum atomic E-state index is 13.2. The Balaban J connectivity index is 1.66. The zero-order valence-electron chi connectivity index (χ0n) is 14.4. The van der Waals surface area contributed by atoms with E-state index in [-0.39, 0.29) is 24.8 Å². The topological polar surface area (TPSA) is 56.2 Å². The number of carbonyl (C=O) groups excluding carboxylic acids is 1. The summed E-state index contributed by atoms with van der Waals surface area (Å²) < 4.78 is 20.6. The fraction of sp³-hybridized carbons (Fsp3) is 0.200. The first-order valence-corrected chi connectivity index (χ1v) is 8.33. The average molecular weight is 353 g/mol. The summed E-state index contributed by atoms with van der Waals surface area (Å²) >= 11 is 0. The zero-order chi connectivity index (χ0) is 18.4. The van der Waals surface area contributed by atoms with Gasteiger partial charge in [-0.05, 0) is 29.8 Å². The molecule has 0 fully saturated rings. The van der Waals surface area contributed by atoms with E-state index in [1.807, 2.05) is 41.9 Å². The molecule has 1 aromatic heterocycles. The largest absolute Gasteiger partial charge is 0.493 e. The monoisotopic (exact) mass is 353 g/mol. The molecule has 0 aliphatic carbocycles. The van der Waals surface area contributed by atoms with Crippen molar-refractivity contribution in [3.05, 3.63) is 84.2 Å². The predicted molar refractivity (Wildman–Crippen MR) is 96.1 cm³/mol. The van der Waals surface area contributed by atoms with E-state index in [0.717, 1.165) is 11.3 Å². The van der Waals surface area contributed by atoms with Crippen LogP contribution in [0.25, 0.3) is 0 Å². The molecule has 0 saturated carbocycles. The van der Waals surface area contributed by atoms with Gasteiger partial charge < -0.3 is 14.6 Å². The van der Waals surface area contributed by atoms with Crippen LogP contribution in [0.3, 0.4) is 0 Å². The second-order valence-corrected chi connectivity index (χ2v) is 5.86. The number of hydrogen-bond donors (Lipinski definition) is 1. The van der Waals surface area contributed by atoms with Gasteiger partial charge in [0.25, 0.3) is 0 Å². The molecule has 1 amide bonds. The third kappa shape index (κ3) is 4.47. The molecule has 0 bridgehead atoms. The molecule has 0 aliphatic heterocycles. The first kappa shape index (κ1) is 17.7. The number of rotatable bonds is 7. The van der Waals surface area contributed by atoms with Crippen molar-refractivity contribution in [1.29, 1.82) is 0 Å². The lowest BCUT2D eigenvalue weighted by Crippen LogP contribution is -2.32. The number of ether oxygens (including phenoxy) is 1. The van der Waals surface area contributed by atoms with Gasteiger partial charge in [-0.15, -0.1) is 0 Å². The van der Waals surface area contributed by atoms with Crippen molar-refractivity contribution >= 4 is 5.91 Å². The maximum Gasteiger partial charge on any atom is 0.224 e. The lowest BCUT2D eigenvalue weighted by atomic mass is 10.1. The van der Waals surface area contributed by atoms with Crippen LogP contribution in [0.1, 0.15) is 23.9 Å². The summed E-state index contributed by atoms with van der Waals surface area (Å²) in [5.74, 6) is 0.904. The van der Waals surface area contributed by atoms with Gasteiger partial charge in [0.15, 0.2) is 0 Å². The number of carbonyl (C=O) groups is 1. The number of amides is 1. The number of imidazole rings is 1. The molecule has 26 heavy (non-hydrogen) atoms. The molecule has 6 heteroatoms. The Kier molecular flexibility index (Phi) is 5.63. The zero-order valence-corrected chi connectivity index (χ0v) is 14.4. The highest BCUT2D eigenvalue weighted by atomic mass is 19.1. The van der Waals surface area contributed by atoms with Gasteiger partial charge in [-0.25, -0.2) is 9.37 Å². The normalized spacial score (nSPS) is 11.8. The minimum Gasteiger partial charge on any atom is -0.493 e. The molecule has 0 spiro atoms. The molecule has 2 aromatic carbocycles. The third-order valence-electron chi connectivity index (χ3n) is 3.97. The second-order valence-electron chi connectivity index (χ2n) is 5.86. The molecule has 1 N–H and O–H groups in total. The van der Waals surface area contributed by atoms with Gasteiger partial charge in [0.1, 0.15) is 23.4 Å². The molecule has 1 unspecified atom stereocenters. The number of aryl methyl sites for hydroxylation is 1. The molecule has 1 heterocycles. The van der Waals surface area contributed by atoms with Gasteiger partial charge in [-0.3, -0.25) is 4.79 Å². The van der Waals surface area contributed by atoms with Crippen LogP contribution in [0, 0.1) is 5.82 Å². The van der Waals surface area contributed by atoms with E-state index in [9.17, 15) is 9.18 Å². The second kappa shape index (κ2) is 8.29. The highest BCUT2D eigenvalue weighted by molar-refractivity contribution is 5.77. The smallest absolute Gasteiger partial charge is 0.224 e. The van der Waals surface area contributed by atoms with Crippen molar-refractivity contribution in [3.63, 3.8) is 0 Å². The summed E-state index contributed by atoms with van der Waals surface area (Å²) in [4.78, 5) is 16.7. The third-order valence-corrected chi connectivity index (χ3v) is 3.97. The van der Waals surface area contributed by atoms with Gasteiger partial charge in [-0.1, -0.05) is 30.3 Å². The number of halogens is 1. The van der Waals surface area contributed by atoms with Crippen LogP contribution < -0.4 is 10.1 Å². The number of para-hydroxylation sites is 1. The Morgan fingerprint density at radius 2 is 1.92 bits per heavy atom. The Labute approximate surface area is 151 Å². The van der Waals surface area contributed by atoms with Gasteiger partial charge in [-0.2, -0.15) is 0 Å². The first-order chi connectivity index (χ1) is 12.6. The van der Waals surface area contributed by atoms with E-state index in [1.54, 1.807) is 24.5 Å². The summed E-state index contributed by atoms with van der Waals surface area (Å²) in [7, 11) is 1.85. The Hall–Kier alpha value is -3.15. The summed E-state index contributed by atoms with van der Waals surface area (Å²) in [5, 5.41) is 2.96. The van der Waals surface area contributed by atoms with E-state index in [2.05, 4.69) is 10.3 Å². The van der Waals surface area contributed by atoms with Crippen LogP contribution in [-0.4, -0.2) is 22.1 Å². The fourth-order valence-electron chi connectivity index (χ4n) is 2.62. The molecular formula is C20H20FN3O2. The standard InChI is InChI=1S/C20H20FN3O2/c1-24-13-12-22-20(24)19(15-7-9-16(21)10-8-15)23-18(25)11-14-26-17-5-3-2-4-6-17/h2-10,12-13,19H,11,14H2,1H3,(H,23,25). The summed E-state index contributed by atoms with van der Waals surface area (Å²) in [6.07, 6.45) is 3.67. The van der Waals surface area contributed by atoms with E-state index in [4.69, 9.17) is 4.74 Å². The molecule has 0 aliphatic rings. The van der Waals surface area contributed by atoms with Crippen LogP contribution in [0.2, 0.25) is 0 Å². The number of benzene rings is 2. The van der Waals surface area contributed by atoms with Crippen molar-refractivity contribution < 1.29 is 13.9 Å². The average Bonchev–Trinajstić information content (AvgIpc) is 3.07. The van der Waals surface area contributed by atoms with Crippen LogP contribution in [0.4, 0.5) is 4.39 Å².